The number of aromatic amines is 1. The predicted molar refractivity (Wildman–Crippen MR) is 74.9 cm³/mol. The Morgan fingerprint density at radius 3 is 2.37 bits per heavy atom. The molecule has 0 bridgehead atoms. The van der Waals surface area contributed by atoms with Crippen LogP contribution in [-0.4, -0.2) is 37.4 Å². The second-order valence-electron chi connectivity index (χ2n) is 4.41. The van der Waals surface area contributed by atoms with Gasteiger partial charge >= 0.3 is 0 Å². The van der Waals surface area contributed by atoms with E-state index in [1.54, 1.807) is 14.2 Å². The molecule has 19 heavy (non-hydrogen) atoms. The van der Waals surface area contributed by atoms with Crippen molar-refractivity contribution in [2.75, 3.05) is 33.2 Å². The molecular weight excluding hydrogens is 242 g/mol. The molecule has 2 rings (SSSR count). The fraction of sp³-hybridized carbons (Fsp3) is 0.357. The average Bonchev–Trinajstić information content (AvgIpc) is 2.89. The van der Waals surface area contributed by atoms with E-state index in [1.807, 2.05) is 30.5 Å². The van der Waals surface area contributed by atoms with E-state index in [2.05, 4.69) is 9.97 Å². The van der Waals surface area contributed by atoms with E-state index < -0.39 is 0 Å². The summed E-state index contributed by atoms with van der Waals surface area (Å²) in [7, 11) is 3.35. The number of anilines is 1. The quantitative estimate of drug-likeness (QED) is 0.780. The standard InChI is InChI=1S/C14H19N3O2/c1-18-8-11(9-19-2)14-16-7-13(17-14)10-3-5-12(15)6-4-10/h3-7,11H,8-9,15H2,1-2H3,(H,16,17). The number of nitrogens with one attached hydrogen (secondary N) is 1. The van der Waals surface area contributed by atoms with E-state index in [-0.39, 0.29) is 5.92 Å². The Balaban J connectivity index is 2.19. The molecule has 0 saturated heterocycles. The van der Waals surface area contributed by atoms with E-state index >= 15 is 0 Å². The highest BCUT2D eigenvalue weighted by atomic mass is 16.5. The zero-order valence-electron chi connectivity index (χ0n) is 11.2. The number of ether oxygens (including phenoxy) is 2. The van der Waals surface area contributed by atoms with Crippen molar-refractivity contribution in [3.8, 4) is 11.3 Å². The maximum atomic E-state index is 5.68. The van der Waals surface area contributed by atoms with Crippen molar-refractivity contribution in [2.24, 2.45) is 0 Å². The van der Waals surface area contributed by atoms with Crippen molar-refractivity contribution < 1.29 is 9.47 Å². The normalized spacial score (nSPS) is 11.1. The van der Waals surface area contributed by atoms with Crippen LogP contribution in [0.2, 0.25) is 0 Å². The Labute approximate surface area is 112 Å². The lowest BCUT2D eigenvalue weighted by Crippen LogP contribution is -2.13. The molecule has 0 aliphatic heterocycles. The van der Waals surface area contributed by atoms with Crippen LogP contribution < -0.4 is 5.73 Å². The van der Waals surface area contributed by atoms with Gasteiger partial charge in [0.25, 0.3) is 0 Å². The number of hydrogen-bond donors (Lipinski definition) is 2. The number of aromatic nitrogens is 2. The molecule has 0 saturated carbocycles. The lowest BCUT2D eigenvalue weighted by molar-refractivity contribution is 0.114. The predicted octanol–water partition coefficient (Wildman–Crippen LogP) is 2.04. The lowest BCUT2D eigenvalue weighted by Gasteiger charge is -2.12. The van der Waals surface area contributed by atoms with E-state index in [0.29, 0.717) is 13.2 Å². The van der Waals surface area contributed by atoms with Gasteiger partial charge < -0.3 is 20.2 Å². The van der Waals surface area contributed by atoms with Gasteiger partial charge in [-0.3, -0.25) is 0 Å². The number of nitrogens with zero attached hydrogens (tertiary/aromatic N) is 1. The summed E-state index contributed by atoms with van der Waals surface area (Å²) in [5.41, 5.74) is 8.45. The molecule has 0 atom stereocenters. The summed E-state index contributed by atoms with van der Waals surface area (Å²) in [5, 5.41) is 0. The zero-order chi connectivity index (χ0) is 13.7. The van der Waals surface area contributed by atoms with Crippen molar-refractivity contribution >= 4 is 5.69 Å². The van der Waals surface area contributed by atoms with Gasteiger partial charge in [0.2, 0.25) is 0 Å². The lowest BCUT2D eigenvalue weighted by atomic mass is 10.1. The molecule has 0 aliphatic rings. The van der Waals surface area contributed by atoms with E-state index in [0.717, 1.165) is 22.8 Å². The van der Waals surface area contributed by atoms with Crippen molar-refractivity contribution in [3.05, 3.63) is 36.3 Å². The number of H-pyrrole nitrogens is 1. The summed E-state index contributed by atoms with van der Waals surface area (Å²) >= 11 is 0. The first-order chi connectivity index (χ1) is 9.24. The number of nitrogen functional groups attached to an aromatic ring is 1. The Bertz CT molecular complexity index is 502. The van der Waals surface area contributed by atoms with Crippen molar-refractivity contribution in [1.29, 1.82) is 0 Å². The Morgan fingerprint density at radius 1 is 1.16 bits per heavy atom. The minimum absolute atomic E-state index is 0.109. The van der Waals surface area contributed by atoms with Crippen LogP contribution in [0.25, 0.3) is 11.3 Å². The van der Waals surface area contributed by atoms with Crippen molar-refractivity contribution in [2.45, 2.75) is 5.92 Å². The molecule has 102 valence electrons. The maximum absolute atomic E-state index is 5.68. The molecule has 0 unspecified atom stereocenters. The van der Waals surface area contributed by atoms with Crippen LogP contribution in [-0.2, 0) is 9.47 Å². The SMILES string of the molecule is COCC(COC)c1ncc(-c2ccc(N)cc2)[nH]1. The van der Waals surface area contributed by atoms with Gasteiger partial charge in [-0.1, -0.05) is 12.1 Å². The first kappa shape index (κ1) is 13.6. The number of imidazole rings is 1. The molecule has 0 fully saturated rings. The van der Waals surface area contributed by atoms with Crippen LogP contribution in [0.1, 0.15) is 11.7 Å². The van der Waals surface area contributed by atoms with E-state index in [1.165, 1.54) is 0 Å². The third kappa shape index (κ3) is 3.33. The van der Waals surface area contributed by atoms with Gasteiger partial charge in [0, 0.05) is 19.9 Å². The maximum Gasteiger partial charge on any atom is 0.114 e. The van der Waals surface area contributed by atoms with Crippen LogP contribution in [0.15, 0.2) is 30.5 Å². The number of hydrogen-bond acceptors (Lipinski definition) is 4. The molecule has 0 radical (unpaired) electrons. The minimum atomic E-state index is 0.109. The van der Waals surface area contributed by atoms with Gasteiger partial charge in [0.1, 0.15) is 5.82 Å². The van der Waals surface area contributed by atoms with Gasteiger partial charge in [0.05, 0.1) is 31.0 Å². The van der Waals surface area contributed by atoms with Gasteiger partial charge in [-0.2, -0.15) is 0 Å². The molecule has 5 nitrogen and oxygen atoms in total. The molecule has 0 amide bonds. The van der Waals surface area contributed by atoms with Crippen molar-refractivity contribution in [1.82, 2.24) is 9.97 Å². The van der Waals surface area contributed by atoms with Crippen LogP contribution >= 0.6 is 0 Å². The molecule has 5 heteroatoms. The van der Waals surface area contributed by atoms with Gasteiger partial charge in [-0.05, 0) is 17.7 Å². The van der Waals surface area contributed by atoms with Gasteiger partial charge in [-0.15, -0.1) is 0 Å². The summed E-state index contributed by atoms with van der Waals surface area (Å²) in [6.07, 6.45) is 1.82. The minimum Gasteiger partial charge on any atom is -0.399 e. The zero-order valence-corrected chi connectivity index (χ0v) is 11.2. The summed E-state index contributed by atoms with van der Waals surface area (Å²) in [5.74, 6) is 0.980. The second-order valence-corrected chi connectivity index (χ2v) is 4.41. The largest absolute Gasteiger partial charge is 0.399 e. The number of rotatable bonds is 6. The molecule has 1 aromatic carbocycles. The first-order valence-corrected chi connectivity index (χ1v) is 6.13. The van der Waals surface area contributed by atoms with Gasteiger partial charge in [-0.25, -0.2) is 4.98 Å². The summed E-state index contributed by atoms with van der Waals surface area (Å²) in [6, 6.07) is 7.68. The molecule has 0 aliphatic carbocycles. The fourth-order valence-corrected chi connectivity index (χ4v) is 1.96. The Hall–Kier alpha value is -1.85. The Morgan fingerprint density at radius 2 is 1.79 bits per heavy atom. The third-order valence-electron chi connectivity index (χ3n) is 2.94. The van der Waals surface area contributed by atoms with Gasteiger partial charge in [0.15, 0.2) is 0 Å². The smallest absolute Gasteiger partial charge is 0.114 e. The van der Waals surface area contributed by atoms with Crippen LogP contribution in [0, 0.1) is 0 Å². The highest BCUT2D eigenvalue weighted by Gasteiger charge is 2.15. The molecule has 3 N–H and O–H groups in total. The van der Waals surface area contributed by atoms with Crippen LogP contribution in [0.3, 0.4) is 0 Å². The van der Waals surface area contributed by atoms with Crippen LogP contribution in [0.5, 0.6) is 0 Å². The third-order valence-corrected chi connectivity index (χ3v) is 2.94. The van der Waals surface area contributed by atoms with Crippen LogP contribution in [0.4, 0.5) is 5.69 Å². The highest BCUT2D eigenvalue weighted by molar-refractivity contribution is 5.61. The summed E-state index contributed by atoms with van der Waals surface area (Å²) < 4.78 is 10.4. The molecule has 1 aromatic heterocycles. The number of benzene rings is 1. The fourth-order valence-electron chi connectivity index (χ4n) is 1.96. The topological polar surface area (TPSA) is 73.2 Å². The number of methoxy groups -OCH3 is 2. The highest BCUT2D eigenvalue weighted by Crippen LogP contribution is 2.21. The summed E-state index contributed by atoms with van der Waals surface area (Å²) in [6.45, 7) is 1.14. The second kappa shape index (κ2) is 6.36. The molecule has 2 aromatic rings. The van der Waals surface area contributed by atoms with E-state index in [9.17, 15) is 0 Å². The average molecular weight is 261 g/mol. The molecule has 0 spiro atoms. The molecular formula is C14H19N3O2. The number of nitrogens with two attached hydrogens (primary N) is 1. The van der Waals surface area contributed by atoms with Crippen molar-refractivity contribution in [3.63, 3.8) is 0 Å². The molecule has 1 heterocycles. The van der Waals surface area contributed by atoms with E-state index in [4.69, 9.17) is 15.2 Å². The first-order valence-electron chi connectivity index (χ1n) is 6.13. The monoisotopic (exact) mass is 261 g/mol. The Kier molecular flexibility index (Phi) is 4.54. The summed E-state index contributed by atoms with van der Waals surface area (Å²) in [4.78, 5) is 7.71.